The molecular formula is C18H29N3O2. The minimum atomic E-state index is -0.516. The third-order valence-corrected chi connectivity index (χ3v) is 4.12. The van der Waals surface area contributed by atoms with E-state index < -0.39 is 5.60 Å². The molecule has 1 fully saturated rings. The quantitative estimate of drug-likeness (QED) is 0.845. The highest BCUT2D eigenvalue weighted by Gasteiger charge is 2.32. The zero-order chi connectivity index (χ0) is 17.2. The normalized spacial score (nSPS) is 19.2. The first-order valence-corrected chi connectivity index (χ1v) is 8.38. The highest BCUT2D eigenvalue weighted by atomic mass is 16.6. The highest BCUT2D eigenvalue weighted by molar-refractivity contribution is 5.87. The maximum Gasteiger partial charge on any atom is 0.415 e. The third kappa shape index (κ3) is 4.22. The van der Waals surface area contributed by atoms with Crippen molar-refractivity contribution in [3.05, 3.63) is 23.9 Å². The SMILES string of the molecule is CC(C)N1CCC[C@@H]1c1cccnc1N(C)C(=O)OC(C)(C)C. The van der Waals surface area contributed by atoms with E-state index in [0.29, 0.717) is 17.9 Å². The van der Waals surface area contributed by atoms with Crippen molar-refractivity contribution in [2.45, 2.75) is 65.1 Å². The van der Waals surface area contributed by atoms with Crippen LogP contribution in [0.3, 0.4) is 0 Å². The van der Waals surface area contributed by atoms with Gasteiger partial charge in [0.2, 0.25) is 0 Å². The van der Waals surface area contributed by atoms with Gasteiger partial charge in [0.15, 0.2) is 0 Å². The monoisotopic (exact) mass is 319 g/mol. The van der Waals surface area contributed by atoms with E-state index in [-0.39, 0.29) is 6.09 Å². The Bertz CT molecular complexity index is 551. The Kier molecular flexibility index (Phi) is 5.30. The minimum Gasteiger partial charge on any atom is -0.443 e. The molecule has 5 nitrogen and oxygen atoms in total. The molecule has 1 aromatic rings. The second kappa shape index (κ2) is 6.87. The van der Waals surface area contributed by atoms with Crippen molar-refractivity contribution in [2.75, 3.05) is 18.5 Å². The van der Waals surface area contributed by atoms with E-state index in [4.69, 9.17) is 4.74 Å². The van der Waals surface area contributed by atoms with Crippen LogP contribution in [0, 0.1) is 0 Å². The number of nitrogens with zero attached hydrogens (tertiary/aromatic N) is 3. The lowest BCUT2D eigenvalue weighted by molar-refractivity contribution is 0.0587. The number of pyridine rings is 1. The molecule has 0 unspecified atom stereocenters. The van der Waals surface area contributed by atoms with Crippen LogP contribution >= 0.6 is 0 Å². The summed E-state index contributed by atoms with van der Waals surface area (Å²) in [7, 11) is 1.73. The molecule has 1 saturated heterocycles. The van der Waals surface area contributed by atoms with Gasteiger partial charge < -0.3 is 4.74 Å². The number of carbonyl (C=O) groups is 1. The van der Waals surface area contributed by atoms with Crippen LogP contribution in [0.5, 0.6) is 0 Å². The van der Waals surface area contributed by atoms with E-state index in [1.165, 1.54) is 11.3 Å². The van der Waals surface area contributed by atoms with Crippen LogP contribution in [-0.2, 0) is 4.74 Å². The van der Waals surface area contributed by atoms with E-state index in [2.05, 4.69) is 29.8 Å². The van der Waals surface area contributed by atoms with Gasteiger partial charge in [0, 0.05) is 30.9 Å². The molecule has 0 aromatic carbocycles. The van der Waals surface area contributed by atoms with Gasteiger partial charge in [0.1, 0.15) is 11.4 Å². The van der Waals surface area contributed by atoms with E-state index in [9.17, 15) is 4.79 Å². The molecule has 0 saturated carbocycles. The summed E-state index contributed by atoms with van der Waals surface area (Å²) in [6, 6.07) is 4.80. The van der Waals surface area contributed by atoms with E-state index >= 15 is 0 Å². The molecule has 23 heavy (non-hydrogen) atoms. The molecule has 1 aromatic heterocycles. The van der Waals surface area contributed by atoms with E-state index in [1.54, 1.807) is 13.2 Å². The second-order valence-corrected chi connectivity index (χ2v) is 7.45. The van der Waals surface area contributed by atoms with Gasteiger partial charge in [-0.25, -0.2) is 9.78 Å². The number of rotatable bonds is 3. The summed E-state index contributed by atoms with van der Waals surface area (Å²) in [4.78, 5) is 20.9. The molecule has 0 spiro atoms. The van der Waals surface area contributed by atoms with Crippen molar-refractivity contribution < 1.29 is 9.53 Å². The number of ether oxygens (including phenoxy) is 1. The topological polar surface area (TPSA) is 45.7 Å². The van der Waals surface area contributed by atoms with Gasteiger partial charge in [-0.05, 0) is 60.1 Å². The second-order valence-electron chi connectivity index (χ2n) is 7.45. The van der Waals surface area contributed by atoms with Gasteiger partial charge in [-0.1, -0.05) is 6.07 Å². The Hall–Kier alpha value is -1.62. The lowest BCUT2D eigenvalue weighted by atomic mass is 10.0. The van der Waals surface area contributed by atoms with Crippen LogP contribution in [0.15, 0.2) is 18.3 Å². The van der Waals surface area contributed by atoms with Gasteiger partial charge in [-0.3, -0.25) is 9.80 Å². The molecule has 1 atom stereocenters. The maximum atomic E-state index is 12.4. The molecule has 5 heteroatoms. The average molecular weight is 319 g/mol. The van der Waals surface area contributed by atoms with Crippen LogP contribution < -0.4 is 4.90 Å². The van der Waals surface area contributed by atoms with Crippen molar-refractivity contribution in [1.82, 2.24) is 9.88 Å². The summed E-state index contributed by atoms with van der Waals surface area (Å²) < 4.78 is 5.48. The Morgan fingerprint density at radius 2 is 2.13 bits per heavy atom. The van der Waals surface area contributed by atoms with Crippen LogP contribution in [0.1, 0.15) is 59.1 Å². The lowest BCUT2D eigenvalue weighted by Gasteiger charge is -2.31. The van der Waals surface area contributed by atoms with Crippen molar-refractivity contribution in [3.8, 4) is 0 Å². The fourth-order valence-electron chi connectivity index (χ4n) is 3.11. The van der Waals surface area contributed by atoms with Crippen molar-refractivity contribution in [2.24, 2.45) is 0 Å². The molecule has 128 valence electrons. The Morgan fingerprint density at radius 3 is 2.74 bits per heavy atom. The first kappa shape index (κ1) is 17.7. The molecule has 0 N–H and O–H groups in total. The van der Waals surface area contributed by atoms with Crippen LogP contribution in [-0.4, -0.2) is 41.2 Å². The van der Waals surface area contributed by atoms with Crippen LogP contribution in [0.25, 0.3) is 0 Å². The molecule has 2 heterocycles. The van der Waals surface area contributed by atoms with E-state index in [0.717, 1.165) is 18.5 Å². The van der Waals surface area contributed by atoms with Gasteiger partial charge in [-0.15, -0.1) is 0 Å². The summed E-state index contributed by atoms with van der Waals surface area (Å²) in [6.45, 7) is 11.1. The third-order valence-electron chi connectivity index (χ3n) is 4.12. The zero-order valence-corrected chi connectivity index (χ0v) is 15.2. The van der Waals surface area contributed by atoms with Crippen LogP contribution in [0.4, 0.5) is 10.6 Å². The summed E-state index contributed by atoms with van der Waals surface area (Å²) >= 11 is 0. The lowest BCUT2D eigenvalue weighted by Crippen LogP contribution is -2.36. The minimum absolute atomic E-state index is 0.309. The summed E-state index contributed by atoms with van der Waals surface area (Å²) in [5.41, 5.74) is 0.588. The molecular weight excluding hydrogens is 290 g/mol. The van der Waals surface area contributed by atoms with Gasteiger partial charge >= 0.3 is 6.09 Å². The number of likely N-dealkylation sites (tertiary alicyclic amines) is 1. The Balaban J connectivity index is 2.28. The fraction of sp³-hybridized carbons (Fsp3) is 0.667. The van der Waals surface area contributed by atoms with Crippen molar-refractivity contribution in [1.29, 1.82) is 0 Å². The largest absolute Gasteiger partial charge is 0.443 e. The standard InChI is InChI=1S/C18H29N3O2/c1-13(2)21-12-8-10-15(21)14-9-7-11-19-16(14)20(6)17(22)23-18(3,4)5/h7,9,11,13,15H,8,10,12H2,1-6H3/t15-/m1/s1. The predicted molar refractivity (Wildman–Crippen MR) is 92.7 cm³/mol. The number of amides is 1. The van der Waals surface area contributed by atoms with Gasteiger partial charge in [-0.2, -0.15) is 0 Å². The molecule has 1 amide bonds. The van der Waals surface area contributed by atoms with Crippen molar-refractivity contribution >= 4 is 11.9 Å². The summed E-state index contributed by atoms with van der Waals surface area (Å²) in [5.74, 6) is 0.694. The fourth-order valence-corrected chi connectivity index (χ4v) is 3.11. The van der Waals surface area contributed by atoms with Gasteiger partial charge in [0.25, 0.3) is 0 Å². The van der Waals surface area contributed by atoms with Crippen LogP contribution in [0.2, 0.25) is 0 Å². The molecule has 0 bridgehead atoms. The number of hydrogen-bond donors (Lipinski definition) is 0. The first-order chi connectivity index (χ1) is 10.7. The highest BCUT2D eigenvalue weighted by Crippen LogP contribution is 2.37. The molecule has 0 radical (unpaired) electrons. The molecule has 1 aliphatic rings. The Labute approximate surface area is 139 Å². The van der Waals surface area contributed by atoms with Crippen molar-refractivity contribution in [3.63, 3.8) is 0 Å². The predicted octanol–water partition coefficient (Wildman–Crippen LogP) is 4.00. The van der Waals surface area contributed by atoms with Gasteiger partial charge in [0.05, 0.1) is 0 Å². The smallest absolute Gasteiger partial charge is 0.415 e. The number of aromatic nitrogens is 1. The summed E-state index contributed by atoms with van der Waals surface area (Å²) in [5, 5.41) is 0. The number of anilines is 1. The zero-order valence-electron chi connectivity index (χ0n) is 15.2. The maximum absolute atomic E-state index is 12.4. The molecule has 2 rings (SSSR count). The molecule has 1 aliphatic heterocycles. The number of carbonyl (C=O) groups excluding carboxylic acids is 1. The number of hydrogen-bond acceptors (Lipinski definition) is 4. The Morgan fingerprint density at radius 1 is 1.43 bits per heavy atom. The first-order valence-electron chi connectivity index (χ1n) is 8.38. The average Bonchev–Trinajstić information content (AvgIpc) is 2.94. The molecule has 0 aliphatic carbocycles. The van der Waals surface area contributed by atoms with E-state index in [1.807, 2.05) is 26.8 Å². The summed E-state index contributed by atoms with van der Waals surface area (Å²) in [6.07, 6.45) is 3.63.